The largest absolute Gasteiger partial charge is 0.125 e. The van der Waals surface area contributed by atoms with Gasteiger partial charge in [-0.3, -0.25) is 0 Å². The highest BCUT2D eigenvalue weighted by atomic mass is 32.2. The van der Waals surface area contributed by atoms with Crippen LogP contribution in [0.25, 0.3) is 10.8 Å². The van der Waals surface area contributed by atoms with Gasteiger partial charge in [-0.05, 0) is 22.9 Å². The van der Waals surface area contributed by atoms with Crippen molar-refractivity contribution in [3.63, 3.8) is 0 Å². The van der Waals surface area contributed by atoms with Crippen LogP contribution in [0.4, 0.5) is 0 Å². The first-order valence-electron chi connectivity index (χ1n) is 6.51. The van der Waals surface area contributed by atoms with Gasteiger partial charge < -0.3 is 0 Å². The zero-order chi connectivity index (χ0) is 14.2. The second-order valence-corrected chi connectivity index (χ2v) is 6.49. The van der Waals surface area contributed by atoms with Crippen LogP contribution in [0.15, 0.2) is 46.2 Å². The van der Waals surface area contributed by atoms with E-state index in [1.165, 1.54) is 20.6 Å². The Morgan fingerprint density at radius 2 is 1.20 bits per heavy atom. The van der Waals surface area contributed by atoms with Crippen LogP contribution in [0.2, 0.25) is 0 Å². The third kappa shape index (κ3) is 3.76. The molecule has 0 aliphatic carbocycles. The molecule has 0 atom stereocenters. The highest BCUT2D eigenvalue weighted by molar-refractivity contribution is 8.00. The Hall–Kier alpha value is -1.48. The van der Waals surface area contributed by atoms with Crippen molar-refractivity contribution in [3.05, 3.63) is 36.4 Å². The third-order valence-corrected chi connectivity index (χ3v) is 5.00. The van der Waals surface area contributed by atoms with Crippen LogP contribution in [0.5, 0.6) is 0 Å². The summed E-state index contributed by atoms with van der Waals surface area (Å²) >= 11 is 3.65. The Labute approximate surface area is 129 Å². The van der Waals surface area contributed by atoms with Crippen LogP contribution in [0.3, 0.4) is 0 Å². The monoisotopic (exact) mass is 296 g/mol. The molecule has 0 fully saturated rings. The fraction of sp³-hybridized carbons (Fsp3) is 0.222. The maximum Gasteiger partial charge on any atom is 0.0180 e. The summed E-state index contributed by atoms with van der Waals surface area (Å²) in [4.78, 5) is 2.61. The molecule has 0 aliphatic heterocycles. The topological polar surface area (TPSA) is 0 Å². The summed E-state index contributed by atoms with van der Waals surface area (Å²) in [6, 6.07) is 12.9. The molecule has 0 aromatic heterocycles. The van der Waals surface area contributed by atoms with Crippen molar-refractivity contribution in [1.82, 2.24) is 0 Å². The number of benzene rings is 2. The molecule has 0 unspecified atom stereocenters. The van der Waals surface area contributed by atoms with Gasteiger partial charge in [0.25, 0.3) is 0 Å². The number of hydrogen-bond donors (Lipinski definition) is 0. The van der Waals surface area contributed by atoms with Crippen molar-refractivity contribution in [1.29, 1.82) is 0 Å². The number of thioether (sulfide) groups is 2. The van der Waals surface area contributed by atoms with Gasteiger partial charge in [0.1, 0.15) is 0 Å². The Bertz CT molecular complexity index is 600. The molecule has 0 bridgehead atoms. The Balaban J connectivity index is 2.27. The van der Waals surface area contributed by atoms with Gasteiger partial charge in [-0.2, -0.15) is 0 Å². The maximum atomic E-state index is 5.31. The molecule has 2 rings (SSSR count). The fourth-order valence-corrected chi connectivity index (χ4v) is 3.84. The van der Waals surface area contributed by atoms with Crippen molar-refractivity contribution >= 4 is 34.3 Å². The van der Waals surface area contributed by atoms with Crippen LogP contribution in [-0.4, -0.2) is 11.5 Å². The molecule has 2 aromatic rings. The molecule has 0 saturated carbocycles. The van der Waals surface area contributed by atoms with Gasteiger partial charge in [-0.1, -0.05) is 24.3 Å². The van der Waals surface area contributed by atoms with E-state index in [2.05, 4.69) is 48.2 Å². The van der Waals surface area contributed by atoms with E-state index in [1.807, 2.05) is 23.5 Å². The van der Waals surface area contributed by atoms with Crippen molar-refractivity contribution in [2.75, 3.05) is 11.5 Å². The summed E-state index contributed by atoms with van der Waals surface area (Å²) in [6.45, 7) is 0. The normalized spacial score (nSPS) is 10.1. The summed E-state index contributed by atoms with van der Waals surface area (Å²) in [7, 11) is 0. The maximum absolute atomic E-state index is 5.31. The molecule has 20 heavy (non-hydrogen) atoms. The second kappa shape index (κ2) is 7.95. The number of terminal acetylenes is 2. The van der Waals surface area contributed by atoms with E-state index >= 15 is 0 Å². The van der Waals surface area contributed by atoms with Gasteiger partial charge in [-0.25, -0.2) is 0 Å². The molecule has 0 saturated heterocycles. The summed E-state index contributed by atoms with van der Waals surface area (Å²) in [6.07, 6.45) is 12.2. The Morgan fingerprint density at radius 3 is 1.60 bits per heavy atom. The van der Waals surface area contributed by atoms with Gasteiger partial charge in [0.2, 0.25) is 0 Å². The fourth-order valence-electron chi connectivity index (χ4n) is 1.94. The van der Waals surface area contributed by atoms with Crippen molar-refractivity contribution in [2.45, 2.75) is 22.6 Å². The molecule has 100 valence electrons. The van der Waals surface area contributed by atoms with Crippen molar-refractivity contribution < 1.29 is 0 Å². The van der Waals surface area contributed by atoms with E-state index in [-0.39, 0.29) is 0 Å². The van der Waals surface area contributed by atoms with E-state index in [9.17, 15) is 0 Å². The molecule has 0 radical (unpaired) electrons. The third-order valence-electron chi connectivity index (χ3n) is 2.85. The molecule has 0 nitrogen and oxygen atoms in total. The SMILES string of the molecule is C#CCCSc1cccc2c(SCCC#C)cccc12. The lowest BCUT2D eigenvalue weighted by Crippen LogP contribution is -1.84. The number of fused-ring (bicyclic) bond motifs is 1. The number of hydrogen-bond acceptors (Lipinski definition) is 2. The molecule has 0 N–H and O–H groups in total. The number of rotatable bonds is 6. The van der Waals surface area contributed by atoms with Crippen LogP contribution in [-0.2, 0) is 0 Å². The lowest BCUT2D eigenvalue weighted by atomic mass is 10.1. The zero-order valence-electron chi connectivity index (χ0n) is 11.3. The lowest BCUT2D eigenvalue weighted by molar-refractivity contribution is 1.29. The first kappa shape index (κ1) is 14.9. The summed E-state index contributed by atoms with van der Waals surface area (Å²) in [5.41, 5.74) is 0. The summed E-state index contributed by atoms with van der Waals surface area (Å²) in [5.74, 6) is 7.30. The van der Waals surface area contributed by atoms with Gasteiger partial charge >= 0.3 is 0 Å². The molecule has 0 spiro atoms. The Kier molecular flexibility index (Phi) is 5.93. The van der Waals surface area contributed by atoms with E-state index in [0.717, 1.165) is 24.3 Å². The highest BCUT2D eigenvalue weighted by Gasteiger charge is 2.05. The molecular formula is C18H16S2. The smallest absolute Gasteiger partial charge is 0.0180 e. The van der Waals surface area contributed by atoms with Gasteiger partial charge in [0.05, 0.1) is 0 Å². The zero-order valence-corrected chi connectivity index (χ0v) is 12.9. The summed E-state index contributed by atoms with van der Waals surface area (Å²) in [5, 5.41) is 2.61. The highest BCUT2D eigenvalue weighted by Crippen LogP contribution is 2.34. The molecule has 0 aliphatic rings. The minimum Gasteiger partial charge on any atom is -0.125 e. The van der Waals surface area contributed by atoms with Crippen LogP contribution >= 0.6 is 23.5 Å². The van der Waals surface area contributed by atoms with Gasteiger partial charge in [0, 0.05) is 34.1 Å². The average molecular weight is 296 g/mol. The molecule has 0 heterocycles. The van der Waals surface area contributed by atoms with E-state index in [1.54, 1.807) is 0 Å². The first-order chi connectivity index (χ1) is 9.86. The summed E-state index contributed by atoms with van der Waals surface area (Å²) < 4.78 is 0. The van der Waals surface area contributed by atoms with Gasteiger partial charge in [0.15, 0.2) is 0 Å². The van der Waals surface area contributed by atoms with Crippen molar-refractivity contribution in [3.8, 4) is 24.7 Å². The predicted molar refractivity (Wildman–Crippen MR) is 92.3 cm³/mol. The molecular weight excluding hydrogens is 280 g/mol. The van der Waals surface area contributed by atoms with Crippen molar-refractivity contribution in [2.24, 2.45) is 0 Å². The van der Waals surface area contributed by atoms with E-state index in [4.69, 9.17) is 12.8 Å². The predicted octanol–water partition coefficient (Wildman–Crippen LogP) is 5.07. The lowest BCUT2D eigenvalue weighted by Gasteiger charge is -2.09. The van der Waals surface area contributed by atoms with Crippen LogP contribution in [0.1, 0.15) is 12.8 Å². The van der Waals surface area contributed by atoms with Crippen LogP contribution in [0, 0.1) is 24.7 Å². The van der Waals surface area contributed by atoms with Gasteiger partial charge in [-0.15, -0.1) is 48.2 Å². The second-order valence-electron chi connectivity index (χ2n) is 4.21. The van der Waals surface area contributed by atoms with E-state index < -0.39 is 0 Å². The van der Waals surface area contributed by atoms with E-state index in [0.29, 0.717) is 0 Å². The standard InChI is InChI=1S/C18H16S2/c1-3-5-13-19-17-11-7-10-16-15(17)9-8-12-18(16)20-14-6-4-2/h1-2,7-12H,5-6,13-14H2. The average Bonchev–Trinajstić information content (AvgIpc) is 2.48. The Morgan fingerprint density at radius 1 is 0.750 bits per heavy atom. The minimum atomic E-state index is 0.803. The quantitative estimate of drug-likeness (QED) is 0.414. The molecule has 0 amide bonds. The molecule has 2 heteroatoms. The van der Waals surface area contributed by atoms with Crippen LogP contribution < -0.4 is 0 Å². The molecule has 2 aromatic carbocycles. The first-order valence-corrected chi connectivity index (χ1v) is 8.48. The minimum absolute atomic E-state index is 0.803.